The summed E-state index contributed by atoms with van der Waals surface area (Å²) in [5, 5.41) is 0. The van der Waals surface area contributed by atoms with Gasteiger partial charge < -0.3 is 13.3 Å². The third kappa shape index (κ3) is 8.25. The summed E-state index contributed by atoms with van der Waals surface area (Å²) in [7, 11) is 14.8. The van der Waals surface area contributed by atoms with Crippen molar-refractivity contribution in [1.29, 1.82) is 0 Å². The molecule has 0 fully saturated rings. The first-order valence-corrected chi connectivity index (χ1v) is 20.5. The highest BCUT2D eigenvalue weighted by Gasteiger charge is 2.37. The Balaban J connectivity index is 1.36. The van der Waals surface area contributed by atoms with Gasteiger partial charge in [0.15, 0.2) is 4.34 Å². The molecule has 0 aliphatic carbocycles. The molecule has 0 radical (unpaired) electrons. The highest BCUT2D eigenvalue weighted by molar-refractivity contribution is 9.46. The van der Waals surface area contributed by atoms with Crippen molar-refractivity contribution in [3.8, 4) is 0 Å². The van der Waals surface area contributed by atoms with Crippen LogP contribution in [0.25, 0.3) is 10.2 Å². The van der Waals surface area contributed by atoms with Gasteiger partial charge in [-0.05, 0) is 101 Å². The summed E-state index contributed by atoms with van der Waals surface area (Å²) in [6, 6.07) is 17.5. The summed E-state index contributed by atoms with van der Waals surface area (Å²) in [6.45, 7) is 0. The Morgan fingerprint density at radius 1 is 0.806 bits per heavy atom. The summed E-state index contributed by atoms with van der Waals surface area (Å²) in [4.78, 5) is 5.92. The van der Waals surface area contributed by atoms with Crippen LogP contribution in [-0.2, 0) is 19.7 Å². The number of hydrogen-bond acceptors (Lipinski definition) is 12. The number of aromatic nitrogens is 1. The van der Waals surface area contributed by atoms with Crippen LogP contribution >= 0.6 is 82.1 Å². The Kier molecular flexibility index (Phi) is 12.2. The van der Waals surface area contributed by atoms with E-state index < -0.39 is 8.80 Å². The molecule has 0 amide bonds. The largest absolute Gasteiger partial charge is 0.500 e. The van der Waals surface area contributed by atoms with Gasteiger partial charge in [-0.15, -0.1) is 11.3 Å². The molecule has 0 N–H and O–H groups in total. The molecule has 2 aromatic carbocycles. The topological polar surface area (TPSA) is 40.6 Å². The lowest BCUT2D eigenvalue weighted by atomic mass is 10.2. The van der Waals surface area contributed by atoms with Gasteiger partial charge >= 0.3 is 8.80 Å². The summed E-state index contributed by atoms with van der Waals surface area (Å²) in [6.07, 6.45) is 0.868. The average molecular weight is 584 g/mol. The van der Waals surface area contributed by atoms with Gasteiger partial charge in [0.1, 0.15) is 0 Å². The second kappa shape index (κ2) is 14.3. The average Bonchev–Trinajstić information content (AvgIpc) is 3.23. The second-order valence-corrected chi connectivity index (χ2v) is 21.2. The van der Waals surface area contributed by atoms with Gasteiger partial charge in [-0.25, -0.2) is 4.98 Å². The van der Waals surface area contributed by atoms with Gasteiger partial charge in [0, 0.05) is 32.3 Å². The number of hydrogen-bond donors (Lipinski definition) is 0. The zero-order valence-electron chi connectivity index (χ0n) is 17.0. The molecule has 0 spiro atoms. The molecule has 168 valence electrons. The maximum Gasteiger partial charge on any atom is 0.500 e. The highest BCUT2D eigenvalue weighted by atomic mass is 33.9. The molecule has 3 rings (SSSR count). The molecular weight excluding hydrogens is 563 g/mol. The summed E-state index contributed by atoms with van der Waals surface area (Å²) >= 11 is 1.74. The predicted molar refractivity (Wildman–Crippen MR) is 151 cm³/mol. The van der Waals surface area contributed by atoms with Crippen molar-refractivity contribution in [2.45, 2.75) is 21.7 Å². The molecule has 3 aromatic rings. The third-order valence-electron chi connectivity index (χ3n) is 4.22. The second-order valence-electron chi connectivity index (χ2n) is 5.86. The van der Waals surface area contributed by atoms with E-state index in [1.807, 2.05) is 6.07 Å². The van der Waals surface area contributed by atoms with Gasteiger partial charge in [0.05, 0.1) is 10.2 Å². The van der Waals surface area contributed by atoms with Gasteiger partial charge in [0.25, 0.3) is 0 Å². The smallest absolute Gasteiger partial charge is 0.377 e. The summed E-state index contributed by atoms with van der Waals surface area (Å²) < 4.78 is 19.0. The molecule has 0 saturated heterocycles. The van der Waals surface area contributed by atoms with Crippen molar-refractivity contribution >= 4 is 101 Å². The van der Waals surface area contributed by atoms with Crippen LogP contribution < -0.4 is 0 Å². The molecule has 13 heteroatoms. The minimum absolute atomic E-state index is 0.760. The Morgan fingerprint density at radius 2 is 1.45 bits per heavy atom. The van der Waals surface area contributed by atoms with E-state index in [4.69, 9.17) is 13.3 Å². The zero-order valence-corrected chi connectivity index (χ0v) is 24.5. The number of fused-ring (bicyclic) bond motifs is 1. The molecule has 1 heterocycles. The Labute approximate surface area is 214 Å². The molecule has 0 bridgehead atoms. The van der Waals surface area contributed by atoms with Crippen LogP contribution in [0.2, 0.25) is 6.04 Å². The number of thiazole rings is 1. The van der Waals surface area contributed by atoms with Crippen LogP contribution in [-0.4, -0.2) is 35.1 Å². The van der Waals surface area contributed by atoms with Crippen molar-refractivity contribution in [2.24, 2.45) is 0 Å². The van der Waals surface area contributed by atoms with Crippen molar-refractivity contribution in [2.75, 3.05) is 21.3 Å². The maximum atomic E-state index is 5.55. The van der Waals surface area contributed by atoms with Gasteiger partial charge in [-0.2, -0.15) is 0 Å². The molecule has 0 saturated carbocycles. The SMILES string of the molecule is CO[Si](CCc1ccccc1SSSSSSSc1nc2ccccc2s1)(OC)OC. The summed E-state index contributed by atoms with van der Waals surface area (Å²) in [5.41, 5.74) is 2.37. The van der Waals surface area contributed by atoms with Crippen molar-refractivity contribution < 1.29 is 13.3 Å². The molecule has 0 atom stereocenters. The van der Waals surface area contributed by atoms with Crippen molar-refractivity contribution in [3.63, 3.8) is 0 Å². The fraction of sp³-hybridized carbons (Fsp3) is 0.278. The molecule has 0 unspecified atom stereocenters. The number of benzene rings is 2. The lowest BCUT2D eigenvalue weighted by molar-refractivity contribution is 0.123. The van der Waals surface area contributed by atoms with E-state index in [1.165, 1.54) is 15.2 Å². The van der Waals surface area contributed by atoms with Crippen LogP contribution in [0.3, 0.4) is 0 Å². The Hall–Kier alpha value is 0.877. The minimum atomic E-state index is -2.55. The highest BCUT2D eigenvalue weighted by Crippen LogP contribution is 2.57. The molecule has 4 nitrogen and oxygen atoms in total. The first kappa shape index (κ1) is 26.5. The fourth-order valence-corrected chi connectivity index (χ4v) is 19.8. The molecule has 0 aliphatic heterocycles. The number of rotatable bonds is 14. The van der Waals surface area contributed by atoms with E-state index in [2.05, 4.69) is 47.4 Å². The van der Waals surface area contributed by atoms with Crippen LogP contribution in [0.4, 0.5) is 0 Å². The molecular formula is C18H21NO3S8Si. The molecule has 31 heavy (non-hydrogen) atoms. The van der Waals surface area contributed by atoms with Crippen molar-refractivity contribution in [3.05, 3.63) is 54.1 Å². The Bertz CT molecular complexity index is 902. The molecule has 1 aromatic heterocycles. The Morgan fingerprint density at radius 3 is 2.19 bits per heavy atom. The quantitative estimate of drug-likeness (QED) is 0.104. The number of para-hydroxylation sites is 1. The lowest BCUT2D eigenvalue weighted by Crippen LogP contribution is -2.43. The normalized spacial score (nSPS) is 12.0. The van der Waals surface area contributed by atoms with Crippen LogP contribution in [0.1, 0.15) is 5.56 Å². The van der Waals surface area contributed by atoms with E-state index in [0.29, 0.717) is 0 Å². The van der Waals surface area contributed by atoms with E-state index >= 15 is 0 Å². The molecule has 0 aliphatic rings. The van der Waals surface area contributed by atoms with Gasteiger partial charge in [0.2, 0.25) is 0 Å². The lowest BCUT2D eigenvalue weighted by Gasteiger charge is -2.24. The van der Waals surface area contributed by atoms with Gasteiger partial charge in [-0.1, -0.05) is 30.3 Å². The maximum absolute atomic E-state index is 5.55. The first-order valence-electron chi connectivity index (χ1n) is 8.96. The van der Waals surface area contributed by atoms with Crippen LogP contribution in [0.15, 0.2) is 57.8 Å². The van der Waals surface area contributed by atoms with E-state index in [9.17, 15) is 0 Å². The van der Waals surface area contributed by atoms with E-state index in [0.717, 1.165) is 22.3 Å². The van der Waals surface area contributed by atoms with Crippen LogP contribution in [0, 0.1) is 0 Å². The first-order chi connectivity index (χ1) is 15.2. The zero-order chi connectivity index (χ0) is 21.9. The van der Waals surface area contributed by atoms with E-state index in [-0.39, 0.29) is 0 Å². The van der Waals surface area contributed by atoms with Crippen molar-refractivity contribution in [1.82, 2.24) is 4.98 Å². The third-order valence-corrected chi connectivity index (χ3v) is 21.1. The monoisotopic (exact) mass is 583 g/mol. The fourth-order valence-electron chi connectivity index (χ4n) is 2.65. The van der Waals surface area contributed by atoms with Crippen LogP contribution in [0.5, 0.6) is 0 Å². The van der Waals surface area contributed by atoms with Gasteiger partial charge in [-0.3, -0.25) is 0 Å². The predicted octanol–water partition coefficient (Wildman–Crippen LogP) is 8.76. The number of aryl methyl sites for hydroxylation is 1. The minimum Gasteiger partial charge on any atom is -0.377 e. The number of nitrogens with zero attached hydrogens (tertiary/aromatic N) is 1. The van der Waals surface area contributed by atoms with E-state index in [1.54, 1.807) is 103 Å². The standard InChI is InChI=1S/C18H21NO3S8Si/c1-20-31(21-2,22-3)13-12-14-8-4-6-10-16(14)24-26-28-30-29-27-25-18-19-15-9-5-7-11-17(15)23-18/h4-11H,12-13H2,1-3H3. The summed E-state index contributed by atoms with van der Waals surface area (Å²) in [5.74, 6) is 0.